The van der Waals surface area contributed by atoms with E-state index in [1.807, 2.05) is 13.8 Å². The number of hydrogen-bond donors (Lipinski definition) is 2. The molecule has 2 unspecified atom stereocenters. The van der Waals surface area contributed by atoms with Crippen LogP contribution in [0.5, 0.6) is 0 Å². The number of nitrogens with one attached hydrogen (secondary N) is 2. The third-order valence-electron chi connectivity index (χ3n) is 3.77. The fraction of sp³-hybridized carbons (Fsp3) is 0.692. The maximum atomic E-state index is 12.0. The summed E-state index contributed by atoms with van der Waals surface area (Å²) in [6.07, 6.45) is 5.14. The highest BCUT2D eigenvalue weighted by molar-refractivity contribution is 5.89. The van der Waals surface area contributed by atoms with Crippen LogP contribution in [0, 0.1) is 23.7 Å². The van der Waals surface area contributed by atoms with Gasteiger partial charge in [0.2, 0.25) is 11.8 Å². The molecule has 2 aliphatic carbocycles. The molecule has 2 aliphatic rings. The van der Waals surface area contributed by atoms with E-state index in [1.165, 1.54) is 0 Å². The molecule has 0 heterocycles. The molecule has 4 atom stereocenters. The fourth-order valence-corrected chi connectivity index (χ4v) is 3.12. The highest BCUT2D eigenvalue weighted by atomic mass is 16.2. The zero-order valence-electron chi connectivity index (χ0n) is 10.4. The summed E-state index contributed by atoms with van der Waals surface area (Å²) in [5, 5.41) is 5.69. The summed E-state index contributed by atoms with van der Waals surface area (Å²) < 4.78 is 0. The van der Waals surface area contributed by atoms with Gasteiger partial charge in [-0.15, -0.1) is 0 Å². The minimum absolute atomic E-state index is 0.0283. The number of allylic oxidation sites excluding steroid dienone is 2. The van der Waals surface area contributed by atoms with Gasteiger partial charge in [0.25, 0.3) is 0 Å². The van der Waals surface area contributed by atoms with Crippen molar-refractivity contribution in [3.63, 3.8) is 0 Å². The van der Waals surface area contributed by atoms with Crippen LogP contribution in [0.2, 0.25) is 0 Å². The summed E-state index contributed by atoms with van der Waals surface area (Å²) >= 11 is 0. The first-order valence-corrected chi connectivity index (χ1v) is 6.42. The number of carbonyl (C=O) groups excluding carboxylic acids is 2. The van der Waals surface area contributed by atoms with Gasteiger partial charge in [-0.05, 0) is 32.1 Å². The molecule has 0 aromatic carbocycles. The molecule has 2 bridgehead atoms. The van der Waals surface area contributed by atoms with E-state index in [-0.39, 0.29) is 35.5 Å². The number of carbonyl (C=O) groups is 2. The average molecular weight is 236 g/mol. The van der Waals surface area contributed by atoms with Gasteiger partial charge in [0.05, 0.1) is 11.8 Å². The molecule has 0 aromatic heterocycles. The lowest BCUT2D eigenvalue weighted by Crippen LogP contribution is -2.44. The first kappa shape index (κ1) is 12.1. The van der Waals surface area contributed by atoms with E-state index < -0.39 is 0 Å². The Morgan fingerprint density at radius 2 is 1.41 bits per heavy atom. The molecule has 0 saturated heterocycles. The van der Waals surface area contributed by atoms with Crippen LogP contribution in [0.4, 0.5) is 0 Å². The molecule has 94 valence electrons. The monoisotopic (exact) mass is 236 g/mol. The van der Waals surface area contributed by atoms with Gasteiger partial charge in [0, 0.05) is 13.1 Å². The predicted molar refractivity (Wildman–Crippen MR) is 65.1 cm³/mol. The molecule has 0 aromatic rings. The molecule has 17 heavy (non-hydrogen) atoms. The van der Waals surface area contributed by atoms with Crippen molar-refractivity contribution in [1.82, 2.24) is 10.6 Å². The lowest BCUT2D eigenvalue weighted by atomic mass is 9.81. The summed E-state index contributed by atoms with van der Waals surface area (Å²) in [6.45, 7) is 5.06. The maximum absolute atomic E-state index is 12.0. The highest BCUT2D eigenvalue weighted by Crippen LogP contribution is 2.48. The van der Waals surface area contributed by atoms with Crippen molar-refractivity contribution in [1.29, 1.82) is 0 Å². The Hall–Kier alpha value is -1.32. The normalized spacial score (nSPS) is 33.8. The van der Waals surface area contributed by atoms with Crippen LogP contribution in [-0.4, -0.2) is 24.9 Å². The molecular weight excluding hydrogens is 216 g/mol. The standard InChI is InChI=1S/C13H20N2O2/c1-3-14-12(16)10-8-5-6-9(7-8)11(10)13(17)15-4-2/h5-6,8-11H,3-4,7H2,1-2H3,(H,14,16)(H,15,17)/t8?,9?,10-,11-/m1/s1. The summed E-state index contributed by atoms with van der Waals surface area (Å²) in [5.74, 6) is 0.215. The minimum atomic E-state index is -0.170. The van der Waals surface area contributed by atoms with Gasteiger partial charge in [-0.2, -0.15) is 0 Å². The first-order valence-electron chi connectivity index (χ1n) is 6.42. The highest BCUT2D eigenvalue weighted by Gasteiger charge is 2.51. The summed E-state index contributed by atoms with van der Waals surface area (Å²) in [7, 11) is 0. The number of hydrogen-bond acceptors (Lipinski definition) is 2. The second-order valence-corrected chi connectivity index (χ2v) is 4.79. The van der Waals surface area contributed by atoms with Crippen LogP contribution >= 0.6 is 0 Å². The molecule has 0 aliphatic heterocycles. The van der Waals surface area contributed by atoms with E-state index in [4.69, 9.17) is 0 Å². The molecule has 2 N–H and O–H groups in total. The molecule has 1 fully saturated rings. The second-order valence-electron chi connectivity index (χ2n) is 4.79. The van der Waals surface area contributed by atoms with E-state index in [9.17, 15) is 9.59 Å². The van der Waals surface area contributed by atoms with E-state index in [0.717, 1.165) is 6.42 Å². The zero-order valence-corrected chi connectivity index (χ0v) is 10.4. The molecule has 1 saturated carbocycles. The van der Waals surface area contributed by atoms with Crippen molar-refractivity contribution in [3.05, 3.63) is 12.2 Å². The summed E-state index contributed by atoms with van der Waals surface area (Å²) in [4.78, 5) is 24.1. The van der Waals surface area contributed by atoms with Crippen LogP contribution in [0.3, 0.4) is 0 Å². The SMILES string of the molecule is CCNC(=O)[C@@H]1C2C=CC(C2)[C@H]1C(=O)NCC. The van der Waals surface area contributed by atoms with Crippen molar-refractivity contribution in [2.75, 3.05) is 13.1 Å². The first-order chi connectivity index (χ1) is 8.19. The fourth-order valence-electron chi connectivity index (χ4n) is 3.12. The molecule has 2 rings (SSSR count). The van der Waals surface area contributed by atoms with Crippen LogP contribution in [0.1, 0.15) is 20.3 Å². The molecule has 2 amide bonds. The van der Waals surface area contributed by atoms with Gasteiger partial charge in [-0.1, -0.05) is 12.2 Å². The van der Waals surface area contributed by atoms with Gasteiger partial charge in [0.15, 0.2) is 0 Å². The Morgan fingerprint density at radius 3 is 1.76 bits per heavy atom. The van der Waals surface area contributed by atoms with Gasteiger partial charge in [0.1, 0.15) is 0 Å². The van der Waals surface area contributed by atoms with Crippen LogP contribution in [0.15, 0.2) is 12.2 Å². The van der Waals surface area contributed by atoms with Crippen LogP contribution in [0.25, 0.3) is 0 Å². The van der Waals surface area contributed by atoms with Gasteiger partial charge < -0.3 is 10.6 Å². The van der Waals surface area contributed by atoms with Crippen molar-refractivity contribution in [2.24, 2.45) is 23.7 Å². The maximum Gasteiger partial charge on any atom is 0.224 e. The number of rotatable bonds is 4. The molecule has 4 nitrogen and oxygen atoms in total. The third-order valence-corrected chi connectivity index (χ3v) is 3.77. The van der Waals surface area contributed by atoms with Crippen molar-refractivity contribution in [2.45, 2.75) is 20.3 Å². The van der Waals surface area contributed by atoms with Gasteiger partial charge >= 0.3 is 0 Å². The molecule has 0 spiro atoms. The van der Waals surface area contributed by atoms with E-state index in [0.29, 0.717) is 13.1 Å². The summed E-state index contributed by atoms with van der Waals surface area (Å²) in [6, 6.07) is 0. The number of fused-ring (bicyclic) bond motifs is 2. The Bertz CT molecular complexity index is 319. The number of amides is 2. The largest absolute Gasteiger partial charge is 0.356 e. The predicted octanol–water partition coefficient (Wildman–Crippen LogP) is 0.697. The Kier molecular flexibility index (Phi) is 3.50. The minimum Gasteiger partial charge on any atom is -0.356 e. The quantitative estimate of drug-likeness (QED) is 0.706. The van der Waals surface area contributed by atoms with Gasteiger partial charge in [-0.3, -0.25) is 9.59 Å². The topological polar surface area (TPSA) is 58.2 Å². The second kappa shape index (κ2) is 4.90. The Labute approximate surface area is 102 Å². The summed E-state index contributed by atoms with van der Waals surface area (Å²) in [5.41, 5.74) is 0. The average Bonchev–Trinajstić information content (AvgIpc) is 2.89. The van der Waals surface area contributed by atoms with E-state index in [1.54, 1.807) is 0 Å². The van der Waals surface area contributed by atoms with Crippen molar-refractivity contribution >= 4 is 11.8 Å². The van der Waals surface area contributed by atoms with Crippen molar-refractivity contribution < 1.29 is 9.59 Å². The lowest BCUT2D eigenvalue weighted by molar-refractivity contribution is -0.135. The molecule has 0 radical (unpaired) electrons. The van der Waals surface area contributed by atoms with Crippen molar-refractivity contribution in [3.8, 4) is 0 Å². The van der Waals surface area contributed by atoms with E-state index >= 15 is 0 Å². The van der Waals surface area contributed by atoms with E-state index in [2.05, 4.69) is 22.8 Å². The van der Waals surface area contributed by atoms with Gasteiger partial charge in [-0.25, -0.2) is 0 Å². The van der Waals surface area contributed by atoms with Crippen LogP contribution in [-0.2, 0) is 9.59 Å². The molecule has 4 heteroatoms. The zero-order chi connectivity index (χ0) is 12.4. The smallest absolute Gasteiger partial charge is 0.224 e. The van der Waals surface area contributed by atoms with Crippen LogP contribution < -0.4 is 10.6 Å². The Morgan fingerprint density at radius 1 is 1.00 bits per heavy atom. The third kappa shape index (κ3) is 2.08. The lowest BCUT2D eigenvalue weighted by Gasteiger charge is -2.25. The Balaban J connectivity index is 2.14. The molecular formula is C13H20N2O2.